The number of benzene rings is 1. The molecule has 152 valence electrons. The Hall–Kier alpha value is -1.35. The van der Waals surface area contributed by atoms with Gasteiger partial charge in [-0.3, -0.25) is 4.90 Å². The van der Waals surface area contributed by atoms with E-state index in [0.29, 0.717) is 25.6 Å². The fraction of sp³-hybridized carbons (Fsp3) is 0.632. The Morgan fingerprint density at radius 2 is 2.11 bits per heavy atom. The second-order valence-corrected chi connectivity index (χ2v) is 7.76. The standard InChI is InChI=1S/C19H31BrN4O3/c1-4-21-18(22-12-15-5-6-17(26-3)16(20)11-15)23-13-19(2,25)14-24-7-9-27-10-8-24/h5-6,11,25H,4,7-10,12-14H2,1-3H3,(H2,21,22,23). The quantitative estimate of drug-likeness (QED) is 0.419. The van der Waals surface area contributed by atoms with E-state index in [1.54, 1.807) is 7.11 Å². The summed E-state index contributed by atoms with van der Waals surface area (Å²) in [5.41, 5.74) is 0.219. The normalized spacial score (nSPS) is 18.0. The summed E-state index contributed by atoms with van der Waals surface area (Å²) < 4.78 is 11.5. The molecule has 1 saturated heterocycles. The van der Waals surface area contributed by atoms with Crippen molar-refractivity contribution >= 4 is 21.9 Å². The molecule has 27 heavy (non-hydrogen) atoms. The summed E-state index contributed by atoms with van der Waals surface area (Å²) in [7, 11) is 1.65. The van der Waals surface area contributed by atoms with Crippen molar-refractivity contribution in [2.24, 2.45) is 4.99 Å². The number of halogens is 1. The fourth-order valence-corrected chi connectivity index (χ4v) is 3.48. The number of guanidine groups is 1. The number of rotatable bonds is 8. The van der Waals surface area contributed by atoms with Crippen molar-refractivity contribution in [2.75, 3.05) is 53.0 Å². The lowest BCUT2D eigenvalue weighted by molar-refractivity contribution is -0.0201. The summed E-state index contributed by atoms with van der Waals surface area (Å²) in [6.07, 6.45) is 0. The first kappa shape index (κ1) is 21.9. The number of β-amino-alcohol motifs (C(OH)–C–C–N with tert-alkyl or cyclic N) is 1. The monoisotopic (exact) mass is 442 g/mol. The largest absolute Gasteiger partial charge is 0.496 e. The summed E-state index contributed by atoms with van der Waals surface area (Å²) in [5, 5.41) is 17.2. The molecule has 0 radical (unpaired) electrons. The van der Waals surface area contributed by atoms with Crippen LogP contribution in [0.4, 0.5) is 0 Å². The first-order valence-electron chi connectivity index (χ1n) is 9.30. The second kappa shape index (κ2) is 10.8. The SMILES string of the molecule is CCNC(=NCc1ccc(OC)c(Br)c1)NCC(C)(O)CN1CCOCC1. The van der Waals surface area contributed by atoms with Crippen molar-refractivity contribution in [1.29, 1.82) is 0 Å². The van der Waals surface area contributed by atoms with E-state index in [9.17, 15) is 5.11 Å². The fourth-order valence-electron chi connectivity index (χ4n) is 2.89. The predicted molar refractivity (Wildman–Crippen MR) is 111 cm³/mol. The Balaban J connectivity index is 1.91. The zero-order valence-electron chi connectivity index (χ0n) is 16.4. The van der Waals surface area contributed by atoms with Crippen molar-refractivity contribution < 1.29 is 14.6 Å². The maximum atomic E-state index is 10.7. The van der Waals surface area contributed by atoms with E-state index in [1.807, 2.05) is 32.0 Å². The smallest absolute Gasteiger partial charge is 0.191 e. The second-order valence-electron chi connectivity index (χ2n) is 6.90. The van der Waals surface area contributed by atoms with Crippen molar-refractivity contribution in [3.8, 4) is 5.75 Å². The van der Waals surface area contributed by atoms with Gasteiger partial charge < -0.3 is 25.2 Å². The molecule has 3 N–H and O–H groups in total. The number of aliphatic imine (C=N–C) groups is 1. The molecule has 1 fully saturated rings. The van der Waals surface area contributed by atoms with E-state index in [1.165, 1.54) is 0 Å². The van der Waals surface area contributed by atoms with Crippen LogP contribution in [0.15, 0.2) is 27.7 Å². The highest BCUT2D eigenvalue weighted by molar-refractivity contribution is 9.10. The van der Waals surface area contributed by atoms with Gasteiger partial charge in [0.05, 0.1) is 36.9 Å². The van der Waals surface area contributed by atoms with Crippen LogP contribution in [0, 0.1) is 0 Å². The van der Waals surface area contributed by atoms with Gasteiger partial charge in [0.15, 0.2) is 5.96 Å². The van der Waals surface area contributed by atoms with Crippen LogP contribution in [0.1, 0.15) is 19.4 Å². The van der Waals surface area contributed by atoms with Crippen LogP contribution in [0.2, 0.25) is 0 Å². The third kappa shape index (κ3) is 7.65. The molecule has 1 aliphatic rings. The molecular weight excluding hydrogens is 412 g/mol. The molecule has 0 saturated carbocycles. The van der Waals surface area contributed by atoms with Gasteiger partial charge >= 0.3 is 0 Å². The topological polar surface area (TPSA) is 78.4 Å². The minimum absolute atomic E-state index is 0.419. The van der Waals surface area contributed by atoms with Gasteiger partial charge in [-0.25, -0.2) is 4.99 Å². The molecule has 8 heteroatoms. The molecule has 0 spiro atoms. The highest BCUT2D eigenvalue weighted by Crippen LogP contribution is 2.25. The third-order valence-electron chi connectivity index (χ3n) is 4.28. The highest BCUT2D eigenvalue weighted by Gasteiger charge is 2.25. The Morgan fingerprint density at radius 3 is 2.74 bits per heavy atom. The van der Waals surface area contributed by atoms with Crippen molar-refractivity contribution in [1.82, 2.24) is 15.5 Å². The average molecular weight is 443 g/mol. The minimum Gasteiger partial charge on any atom is -0.496 e. The highest BCUT2D eigenvalue weighted by atomic mass is 79.9. The van der Waals surface area contributed by atoms with Crippen LogP contribution in [-0.2, 0) is 11.3 Å². The molecule has 1 aromatic rings. The van der Waals surface area contributed by atoms with Gasteiger partial charge in [0.1, 0.15) is 5.75 Å². The van der Waals surface area contributed by atoms with Gasteiger partial charge in [0.2, 0.25) is 0 Å². The summed E-state index contributed by atoms with van der Waals surface area (Å²) in [4.78, 5) is 6.84. The van der Waals surface area contributed by atoms with E-state index >= 15 is 0 Å². The first-order valence-corrected chi connectivity index (χ1v) is 10.1. The molecule has 7 nitrogen and oxygen atoms in total. The maximum Gasteiger partial charge on any atom is 0.191 e. The lowest BCUT2D eigenvalue weighted by Crippen LogP contribution is -2.52. The molecule has 1 unspecified atom stereocenters. The minimum atomic E-state index is -0.851. The molecule has 1 atom stereocenters. The van der Waals surface area contributed by atoms with Crippen LogP contribution < -0.4 is 15.4 Å². The molecule has 1 heterocycles. The summed E-state index contributed by atoms with van der Waals surface area (Å²) in [5.74, 6) is 1.48. The van der Waals surface area contributed by atoms with E-state index in [-0.39, 0.29) is 0 Å². The molecule has 2 rings (SSSR count). The molecule has 1 aliphatic heterocycles. The summed E-state index contributed by atoms with van der Waals surface area (Å²) in [6.45, 7) is 9.35. The van der Waals surface area contributed by atoms with Crippen LogP contribution in [0.5, 0.6) is 5.75 Å². The Kier molecular flexibility index (Phi) is 8.82. The number of hydrogen-bond acceptors (Lipinski definition) is 5. The zero-order valence-corrected chi connectivity index (χ0v) is 18.0. The Bertz CT molecular complexity index is 619. The van der Waals surface area contributed by atoms with Gasteiger partial charge in [-0.05, 0) is 47.5 Å². The number of morpholine rings is 1. The molecule has 1 aromatic carbocycles. The summed E-state index contributed by atoms with van der Waals surface area (Å²) >= 11 is 3.50. The van der Waals surface area contributed by atoms with Gasteiger partial charge in [0.25, 0.3) is 0 Å². The molecule has 0 bridgehead atoms. The average Bonchev–Trinajstić information content (AvgIpc) is 2.64. The molecule has 0 aliphatic carbocycles. The third-order valence-corrected chi connectivity index (χ3v) is 4.90. The van der Waals surface area contributed by atoms with E-state index in [4.69, 9.17) is 9.47 Å². The van der Waals surface area contributed by atoms with Crippen molar-refractivity contribution in [2.45, 2.75) is 26.0 Å². The number of hydrogen-bond donors (Lipinski definition) is 3. The van der Waals surface area contributed by atoms with Crippen LogP contribution in [-0.4, -0.2) is 74.6 Å². The van der Waals surface area contributed by atoms with Gasteiger partial charge in [-0.1, -0.05) is 6.07 Å². The van der Waals surface area contributed by atoms with Crippen LogP contribution >= 0.6 is 15.9 Å². The number of nitrogens with zero attached hydrogens (tertiary/aromatic N) is 2. The number of nitrogens with one attached hydrogen (secondary N) is 2. The van der Waals surface area contributed by atoms with Crippen molar-refractivity contribution in [3.63, 3.8) is 0 Å². The Morgan fingerprint density at radius 1 is 1.37 bits per heavy atom. The van der Waals surface area contributed by atoms with E-state index < -0.39 is 5.60 Å². The van der Waals surface area contributed by atoms with Gasteiger partial charge in [-0.2, -0.15) is 0 Å². The first-order chi connectivity index (χ1) is 12.9. The molecular formula is C19H31BrN4O3. The lowest BCUT2D eigenvalue weighted by Gasteiger charge is -2.34. The van der Waals surface area contributed by atoms with Gasteiger partial charge in [-0.15, -0.1) is 0 Å². The molecule has 0 aromatic heterocycles. The summed E-state index contributed by atoms with van der Waals surface area (Å²) in [6, 6.07) is 5.91. The maximum absolute atomic E-state index is 10.7. The lowest BCUT2D eigenvalue weighted by atomic mass is 10.1. The number of ether oxygens (including phenoxy) is 2. The van der Waals surface area contributed by atoms with Gasteiger partial charge in [0, 0.05) is 32.7 Å². The number of methoxy groups -OCH3 is 1. The van der Waals surface area contributed by atoms with Crippen LogP contribution in [0.25, 0.3) is 0 Å². The van der Waals surface area contributed by atoms with E-state index in [2.05, 4.69) is 36.5 Å². The van der Waals surface area contributed by atoms with E-state index in [0.717, 1.165) is 48.6 Å². The van der Waals surface area contributed by atoms with Crippen molar-refractivity contribution in [3.05, 3.63) is 28.2 Å². The molecule has 0 amide bonds. The van der Waals surface area contributed by atoms with Crippen LogP contribution in [0.3, 0.4) is 0 Å². The zero-order chi connectivity index (χ0) is 19.7. The Labute approximate surface area is 170 Å². The predicted octanol–water partition coefficient (Wildman–Crippen LogP) is 1.60. The number of aliphatic hydroxyl groups is 1.